The highest BCUT2D eigenvalue weighted by Gasteiger charge is 2.04. The van der Waals surface area contributed by atoms with Crippen LogP contribution in [0.2, 0.25) is 0 Å². The minimum Gasteiger partial charge on any atom is -0.400 e. The van der Waals surface area contributed by atoms with E-state index in [0.717, 1.165) is 32.8 Å². The molecular weight excluding hydrogens is 596 g/mol. The van der Waals surface area contributed by atoms with Crippen LogP contribution >= 0.6 is 0 Å². The van der Waals surface area contributed by atoms with Gasteiger partial charge in [-0.2, -0.15) is 0 Å². The lowest BCUT2D eigenvalue weighted by Crippen LogP contribution is -2.29. The largest absolute Gasteiger partial charge is 0.400 e. The molecule has 0 aromatic carbocycles. The van der Waals surface area contributed by atoms with Gasteiger partial charge in [-0.25, -0.2) is 5.90 Å². The minimum absolute atomic E-state index is 0.0894. The lowest BCUT2D eigenvalue weighted by atomic mass is 10.1. The Balaban J connectivity index is -0.00000195. The number of carbonyl (C=O) groups is 5. The SMILES string of the molecule is CNCCON.CO.NC(C=O)CCCCNC(=O)CCOCCOCCNC(=O)CCOCCOCCNC(=O)CCC=O. The normalized spacial score (nSPS) is 10.8. The zero-order valence-corrected chi connectivity index (χ0v) is 27.1. The van der Waals surface area contributed by atoms with E-state index in [1.807, 2.05) is 7.05 Å². The maximum absolute atomic E-state index is 11.7. The lowest BCUT2D eigenvalue weighted by Gasteiger charge is -2.09. The molecule has 0 spiro atoms. The molecule has 0 aliphatic rings. The second-order valence-electron chi connectivity index (χ2n) is 8.97. The monoisotopic (exact) mass is 654 g/mol. The summed E-state index contributed by atoms with van der Waals surface area (Å²) in [5.41, 5.74) is 5.49. The van der Waals surface area contributed by atoms with Crippen LogP contribution in [0, 0.1) is 0 Å². The molecule has 0 saturated carbocycles. The predicted octanol–water partition coefficient (Wildman–Crippen LogP) is -2.44. The van der Waals surface area contributed by atoms with E-state index in [4.69, 9.17) is 29.8 Å². The van der Waals surface area contributed by atoms with Gasteiger partial charge < -0.3 is 65.5 Å². The summed E-state index contributed by atoms with van der Waals surface area (Å²) in [7, 11) is 2.85. The summed E-state index contributed by atoms with van der Waals surface area (Å²) in [5, 5.41) is 18.0. The van der Waals surface area contributed by atoms with Gasteiger partial charge in [-0.1, -0.05) is 0 Å². The van der Waals surface area contributed by atoms with Crippen molar-refractivity contribution in [2.24, 2.45) is 11.6 Å². The van der Waals surface area contributed by atoms with E-state index in [0.29, 0.717) is 85.2 Å². The number of hydrogen-bond donors (Lipinski definition) is 7. The molecule has 0 aliphatic carbocycles. The van der Waals surface area contributed by atoms with Crippen LogP contribution in [0.1, 0.15) is 44.9 Å². The molecule has 3 amide bonds. The Hall–Kier alpha value is -2.61. The molecular formula is C28H58N6O11. The third-order valence-electron chi connectivity index (χ3n) is 5.25. The average Bonchev–Trinajstić information content (AvgIpc) is 3.05. The van der Waals surface area contributed by atoms with Crippen LogP contribution in [0.5, 0.6) is 0 Å². The molecule has 0 bridgehead atoms. The van der Waals surface area contributed by atoms with Crippen LogP contribution in [0.4, 0.5) is 0 Å². The van der Waals surface area contributed by atoms with E-state index in [-0.39, 0.29) is 50.0 Å². The van der Waals surface area contributed by atoms with Gasteiger partial charge in [0.05, 0.1) is 65.5 Å². The molecule has 9 N–H and O–H groups in total. The molecule has 17 heteroatoms. The summed E-state index contributed by atoms with van der Waals surface area (Å²) in [6.07, 6.45) is 4.49. The fourth-order valence-electron chi connectivity index (χ4n) is 2.92. The van der Waals surface area contributed by atoms with Gasteiger partial charge in [0.25, 0.3) is 0 Å². The third-order valence-corrected chi connectivity index (χ3v) is 5.25. The fourth-order valence-corrected chi connectivity index (χ4v) is 2.92. The van der Waals surface area contributed by atoms with E-state index >= 15 is 0 Å². The summed E-state index contributed by atoms with van der Waals surface area (Å²) in [5.74, 6) is 4.26. The molecule has 0 saturated heterocycles. The highest BCUT2D eigenvalue weighted by Crippen LogP contribution is 1.96. The standard InChI is InChI=1S/C24H44N4O9.C3H10N2O.CH4O/c25-21(20-30)4-1-2-8-26-23(32)6-12-34-16-19-37-15-10-28-24(33)7-13-35-17-18-36-14-9-27-22(31)5-3-11-29;1-5-2-3-6-4;1-2/h11,20-21H,1-10,12-19,25H2,(H,26,32)(H,27,31)(H,28,33);5H,2-4H2,1H3;2H,1H3. The van der Waals surface area contributed by atoms with Crippen LogP contribution in [-0.4, -0.2) is 141 Å². The van der Waals surface area contributed by atoms with Crippen molar-refractivity contribution in [3.05, 3.63) is 0 Å². The zero-order valence-electron chi connectivity index (χ0n) is 27.1. The van der Waals surface area contributed by atoms with Crippen molar-refractivity contribution in [3.8, 4) is 0 Å². The molecule has 1 atom stereocenters. The van der Waals surface area contributed by atoms with Crippen LogP contribution in [0.25, 0.3) is 0 Å². The molecule has 0 rings (SSSR count). The number of nitrogens with one attached hydrogen (secondary N) is 4. The Bertz CT molecular complexity index is 689. The van der Waals surface area contributed by atoms with Gasteiger partial charge in [0.1, 0.15) is 12.6 Å². The number of likely N-dealkylation sites (N-methyl/N-ethyl adjacent to an activating group) is 1. The van der Waals surface area contributed by atoms with Gasteiger partial charge >= 0.3 is 0 Å². The molecule has 0 aromatic heterocycles. The maximum Gasteiger partial charge on any atom is 0.222 e. The van der Waals surface area contributed by atoms with E-state index in [1.165, 1.54) is 0 Å². The number of nitrogens with two attached hydrogens (primary N) is 2. The first-order chi connectivity index (χ1) is 21.9. The summed E-state index contributed by atoms with van der Waals surface area (Å²) in [4.78, 5) is 59.4. The molecule has 0 aliphatic heterocycles. The molecule has 1 unspecified atom stereocenters. The number of rotatable bonds is 30. The van der Waals surface area contributed by atoms with Crippen LogP contribution in [-0.2, 0) is 47.8 Å². The maximum atomic E-state index is 11.7. The highest BCUT2D eigenvalue weighted by atomic mass is 16.6. The van der Waals surface area contributed by atoms with E-state index in [9.17, 15) is 24.0 Å². The third kappa shape index (κ3) is 43.6. The van der Waals surface area contributed by atoms with Crippen molar-refractivity contribution >= 4 is 30.3 Å². The molecule has 17 nitrogen and oxygen atoms in total. The van der Waals surface area contributed by atoms with E-state index in [1.54, 1.807) is 0 Å². The van der Waals surface area contributed by atoms with Crippen molar-refractivity contribution in [3.63, 3.8) is 0 Å². The lowest BCUT2D eigenvalue weighted by molar-refractivity contribution is -0.123. The molecule has 266 valence electrons. The Morgan fingerprint density at radius 2 is 1.13 bits per heavy atom. The molecule has 0 fully saturated rings. The smallest absolute Gasteiger partial charge is 0.222 e. The van der Waals surface area contributed by atoms with Crippen molar-refractivity contribution in [2.75, 3.05) is 99.8 Å². The number of amides is 3. The van der Waals surface area contributed by atoms with E-state index < -0.39 is 6.04 Å². The number of aldehydes is 2. The summed E-state index contributed by atoms with van der Waals surface area (Å²) < 4.78 is 21.3. The quantitative estimate of drug-likeness (QED) is 0.0242. The molecule has 0 aromatic rings. The van der Waals surface area contributed by atoms with Gasteiger partial charge in [-0.15, -0.1) is 0 Å². The second-order valence-corrected chi connectivity index (χ2v) is 8.97. The number of aliphatic hydroxyl groups excluding tert-OH is 1. The average molecular weight is 655 g/mol. The van der Waals surface area contributed by atoms with Gasteiger partial charge in [0, 0.05) is 59.0 Å². The number of unbranched alkanes of at least 4 members (excludes halogenated alkanes) is 1. The first-order valence-electron chi connectivity index (χ1n) is 15.1. The van der Waals surface area contributed by atoms with Crippen LogP contribution in [0.3, 0.4) is 0 Å². The Morgan fingerprint density at radius 3 is 1.56 bits per heavy atom. The Morgan fingerprint density at radius 1 is 0.667 bits per heavy atom. The molecule has 0 heterocycles. The predicted molar refractivity (Wildman–Crippen MR) is 167 cm³/mol. The van der Waals surface area contributed by atoms with Gasteiger partial charge in [-0.05, 0) is 26.3 Å². The summed E-state index contributed by atoms with van der Waals surface area (Å²) >= 11 is 0. The van der Waals surface area contributed by atoms with Gasteiger partial charge in [-0.3, -0.25) is 14.4 Å². The summed E-state index contributed by atoms with van der Waals surface area (Å²) in [6, 6.07) is -0.429. The van der Waals surface area contributed by atoms with Crippen molar-refractivity contribution in [1.82, 2.24) is 21.3 Å². The number of hydrogen-bond acceptors (Lipinski definition) is 14. The highest BCUT2D eigenvalue weighted by molar-refractivity contribution is 5.78. The number of ether oxygens (including phenoxy) is 4. The topological polar surface area (TPSA) is 252 Å². The zero-order chi connectivity index (χ0) is 34.2. The molecule has 45 heavy (non-hydrogen) atoms. The van der Waals surface area contributed by atoms with E-state index in [2.05, 4.69) is 32.0 Å². The van der Waals surface area contributed by atoms with Gasteiger partial charge in [0.15, 0.2) is 0 Å². The minimum atomic E-state index is -0.429. The van der Waals surface area contributed by atoms with Crippen LogP contribution < -0.4 is 32.9 Å². The van der Waals surface area contributed by atoms with Crippen molar-refractivity contribution < 1.29 is 52.9 Å². The van der Waals surface area contributed by atoms with Gasteiger partial charge in [0.2, 0.25) is 17.7 Å². The number of carbonyl (C=O) groups excluding carboxylic acids is 5. The van der Waals surface area contributed by atoms with Crippen molar-refractivity contribution in [1.29, 1.82) is 0 Å². The molecule has 0 radical (unpaired) electrons. The fraction of sp³-hybridized carbons (Fsp3) is 0.821. The second kappa shape index (κ2) is 41.4. The number of aliphatic hydroxyl groups is 1. The first kappa shape index (κ1) is 46.8. The Labute approximate surface area is 267 Å². The van der Waals surface area contributed by atoms with Crippen LogP contribution in [0.15, 0.2) is 0 Å². The first-order valence-corrected chi connectivity index (χ1v) is 15.1. The van der Waals surface area contributed by atoms with Crippen molar-refractivity contribution in [2.45, 2.75) is 51.0 Å². The summed E-state index contributed by atoms with van der Waals surface area (Å²) in [6.45, 7) is 5.37. The Kier molecular flexibility index (Phi) is 43.0.